The molecule has 1 aromatic carbocycles. The van der Waals surface area contributed by atoms with Crippen molar-refractivity contribution in [1.29, 1.82) is 0 Å². The van der Waals surface area contributed by atoms with E-state index in [0.717, 1.165) is 11.1 Å². The van der Waals surface area contributed by atoms with Gasteiger partial charge in [0.15, 0.2) is 0 Å². The van der Waals surface area contributed by atoms with Crippen LogP contribution in [0.25, 0.3) is 0 Å². The van der Waals surface area contributed by atoms with Crippen LogP contribution in [-0.2, 0) is 16.1 Å². The first-order chi connectivity index (χ1) is 15.3. The molecule has 0 spiro atoms. The SMILES string of the molecule is Cc1cccc(C(=O)NC(C(=O)N2CCC(C(=O)NCc3cccnc3)CC2)C(C)C)c1. The summed E-state index contributed by atoms with van der Waals surface area (Å²) in [5.41, 5.74) is 2.50. The first-order valence-electron chi connectivity index (χ1n) is 11.2. The number of nitrogens with zero attached hydrogens (tertiary/aromatic N) is 2. The van der Waals surface area contributed by atoms with Crippen LogP contribution in [0.5, 0.6) is 0 Å². The van der Waals surface area contributed by atoms with E-state index in [2.05, 4.69) is 15.6 Å². The number of nitrogens with one attached hydrogen (secondary N) is 2. The lowest BCUT2D eigenvalue weighted by molar-refractivity contribution is -0.138. The van der Waals surface area contributed by atoms with Crippen molar-refractivity contribution in [3.05, 3.63) is 65.5 Å². The number of pyridine rings is 1. The van der Waals surface area contributed by atoms with Gasteiger partial charge in [-0.3, -0.25) is 19.4 Å². The van der Waals surface area contributed by atoms with Gasteiger partial charge in [-0.25, -0.2) is 0 Å². The average Bonchev–Trinajstić information content (AvgIpc) is 2.81. The van der Waals surface area contributed by atoms with Crippen LogP contribution in [0.2, 0.25) is 0 Å². The fraction of sp³-hybridized carbons (Fsp3) is 0.440. The molecule has 1 aliphatic heterocycles. The predicted octanol–water partition coefficient (Wildman–Crippen LogP) is 2.70. The molecule has 0 radical (unpaired) electrons. The lowest BCUT2D eigenvalue weighted by Gasteiger charge is -2.35. The summed E-state index contributed by atoms with van der Waals surface area (Å²) in [6.45, 7) is 7.25. The minimum absolute atomic E-state index is 0.00844. The molecule has 0 bridgehead atoms. The fourth-order valence-corrected chi connectivity index (χ4v) is 3.92. The van der Waals surface area contributed by atoms with Crippen molar-refractivity contribution < 1.29 is 14.4 Å². The second kappa shape index (κ2) is 10.9. The molecule has 32 heavy (non-hydrogen) atoms. The highest BCUT2D eigenvalue weighted by atomic mass is 16.2. The van der Waals surface area contributed by atoms with Crippen molar-refractivity contribution in [1.82, 2.24) is 20.5 Å². The minimum Gasteiger partial charge on any atom is -0.352 e. The molecule has 2 heterocycles. The highest BCUT2D eigenvalue weighted by Crippen LogP contribution is 2.20. The standard InChI is InChI=1S/C25H32N4O3/c1-17(2)22(28-24(31)21-8-4-6-18(3)14-21)25(32)29-12-9-20(10-13-29)23(30)27-16-19-7-5-11-26-15-19/h4-8,11,14-15,17,20,22H,9-10,12-13,16H2,1-3H3,(H,27,30)(H,28,31). The highest BCUT2D eigenvalue weighted by molar-refractivity contribution is 5.97. The number of aromatic nitrogens is 1. The van der Waals surface area contributed by atoms with Crippen molar-refractivity contribution in [3.63, 3.8) is 0 Å². The van der Waals surface area contributed by atoms with Crippen LogP contribution in [0.15, 0.2) is 48.8 Å². The van der Waals surface area contributed by atoms with E-state index in [1.54, 1.807) is 23.4 Å². The van der Waals surface area contributed by atoms with Crippen molar-refractivity contribution >= 4 is 17.7 Å². The van der Waals surface area contributed by atoms with Crippen LogP contribution >= 0.6 is 0 Å². The zero-order valence-electron chi connectivity index (χ0n) is 19.0. The number of aryl methyl sites for hydroxylation is 1. The monoisotopic (exact) mass is 436 g/mol. The smallest absolute Gasteiger partial charge is 0.251 e. The third-order valence-corrected chi connectivity index (χ3v) is 5.87. The Morgan fingerprint density at radius 3 is 2.50 bits per heavy atom. The predicted molar refractivity (Wildman–Crippen MR) is 123 cm³/mol. The summed E-state index contributed by atoms with van der Waals surface area (Å²) in [5.74, 6) is -0.485. The maximum atomic E-state index is 13.2. The van der Waals surface area contributed by atoms with Gasteiger partial charge in [-0.05, 0) is 49.4 Å². The molecular weight excluding hydrogens is 404 g/mol. The van der Waals surface area contributed by atoms with Crippen LogP contribution < -0.4 is 10.6 Å². The van der Waals surface area contributed by atoms with Crippen LogP contribution in [0.4, 0.5) is 0 Å². The maximum Gasteiger partial charge on any atom is 0.251 e. The molecule has 7 heteroatoms. The van der Waals surface area contributed by atoms with Gasteiger partial charge in [0.05, 0.1) is 0 Å². The lowest BCUT2D eigenvalue weighted by atomic mass is 9.94. The van der Waals surface area contributed by atoms with Crippen LogP contribution in [-0.4, -0.2) is 46.7 Å². The summed E-state index contributed by atoms with van der Waals surface area (Å²) in [6, 6.07) is 10.5. The van der Waals surface area contributed by atoms with Gasteiger partial charge in [0.2, 0.25) is 11.8 Å². The maximum absolute atomic E-state index is 13.2. The van der Waals surface area contributed by atoms with Gasteiger partial charge in [0, 0.05) is 43.5 Å². The Balaban J connectivity index is 1.53. The zero-order valence-corrected chi connectivity index (χ0v) is 19.0. The molecule has 170 valence electrons. The van der Waals surface area contributed by atoms with E-state index in [1.807, 2.05) is 51.1 Å². The number of likely N-dealkylation sites (tertiary alicyclic amines) is 1. The number of amides is 3. The van der Waals surface area contributed by atoms with Gasteiger partial charge in [0.25, 0.3) is 5.91 Å². The van der Waals surface area contributed by atoms with Gasteiger partial charge in [0.1, 0.15) is 6.04 Å². The Morgan fingerprint density at radius 1 is 1.12 bits per heavy atom. The molecule has 0 aliphatic carbocycles. The summed E-state index contributed by atoms with van der Waals surface area (Å²) < 4.78 is 0. The normalized spacial score (nSPS) is 15.3. The largest absolute Gasteiger partial charge is 0.352 e. The quantitative estimate of drug-likeness (QED) is 0.698. The number of piperidine rings is 1. The van der Waals surface area contributed by atoms with E-state index in [9.17, 15) is 14.4 Å². The molecule has 0 saturated carbocycles. The van der Waals surface area contributed by atoms with Gasteiger partial charge >= 0.3 is 0 Å². The van der Waals surface area contributed by atoms with Gasteiger partial charge in [-0.15, -0.1) is 0 Å². The molecule has 1 fully saturated rings. The van der Waals surface area contributed by atoms with Crippen LogP contribution in [0.1, 0.15) is 48.2 Å². The van der Waals surface area contributed by atoms with Gasteiger partial charge < -0.3 is 15.5 Å². The molecule has 2 aromatic rings. The number of carbonyl (C=O) groups excluding carboxylic acids is 3. The Morgan fingerprint density at radius 2 is 1.88 bits per heavy atom. The van der Waals surface area contributed by atoms with Crippen molar-refractivity contribution in [3.8, 4) is 0 Å². The van der Waals surface area contributed by atoms with E-state index in [4.69, 9.17) is 0 Å². The van der Waals surface area contributed by atoms with E-state index >= 15 is 0 Å². The highest BCUT2D eigenvalue weighted by Gasteiger charge is 2.33. The van der Waals surface area contributed by atoms with Crippen LogP contribution in [0.3, 0.4) is 0 Å². The molecule has 1 unspecified atom stereocenters. The molecule has 1 aliphatic rings. The molecule has 1 saturated heterocycles. The number of carbonyl (C=O) groups is 3. The summed E-state index contributed by atoms with van der Waals surface area (Å²) in [6.07, 6.45) is 4.66. The topological polar surface area (TPSA) is 91.4 Å². The average molecular weight is 437 g/mol. The van der Waals surface area contributed by atoms with E-state index in [1.165, 1.54) is 0 Å². The van der Waals surface area contributed by atoms with Gasteiger partial charge in [-0.1, -0.05) is 37.6 Å². The summed E-state index contributed by atoms with van der Waals surface area (Å²) in [5, 5.41) is 5.88. The molecule has 7 nitrogen and oxygen atoms in total. The molecule has 1 aromatic heterocycles. The minimum atomic E-state index is -0.598. The second-order valence-corrected chi connectivity index (χ2v) is 8.74. The Bertz CT molecular complexity index is 937. The first kappa shape index (κ1) is 23.4. The lowest BCUT2D eigenvalue weighted by Crippen LogP contribution is -2.53. The fourth-order valence-electron chi connectivity index (χ4n) is 3.92. The molecule has 3 amide bonds. The summed E-state index contributed by atoms with van der Waals surface area (Å²) in [7, 11) is 0. The number of rotatable bonds is 7. The van der Waals surface area contributed by atoms with Crippen molar-refractivity contribution in [2.75, 3.05) is 13.1 Å². The Kier molecular flexibility index (Phi) is 7.98. The zero-order chi connectivity index (χ0) is 23.1. The summed E-state index contributed by atoms with van der Waals surface area (Å²) in [4.78, 5) is 44.2. The molecular formula is C25H32N4O3. The number of hydrogen-bond acceptors (Lipinski definition) is 4. The van der Waals surface area contributed by atoms with Gasteiger partial charge in [-0.2, -0.15) is 0 Å². The third-order valence-electron chi connectivity index (χ3n) is 5.87. The Labute approximate surface area is 189 Å². The van der Waals surface area contributed by atoms with E-state index in [-0.39, 0.29) is 29.6 Å². The van der Waals surface area contributed by atoms with Crippen molar-refractivity contribution in [2.45, 2.75) is 46.2 Å². The van der Waals surface area contributed by atoms with Crippen molar-refractivity contribution in [2.24, 2.45) is 11.8 Å². The molecule has 3 rings (SSSR count). The second-order valence-electron chi connectivity index (χ2n) is 8.74. The Hall–Kier alpha value is -3.22. The first-order valence-corrected chi connectivity index (χ1v) is 11.2. The number of hydrogen-bond donors (Lipinski definition) is 2. The van der Waals surface area contributed by atoms with Crippen LogP contribution in [0, 0.1) is 18.8 Å². The summed E-state index contributed by atoms with van der Waals surface area (Å²) >= 11 is 0. The molecule has 2 N–H and O–H groups in total. The molecule has 1 atom stereocenters. The van der Waals surface area contributed by atoms with E-state index in [0.29, 0.717) is 38.0 Å². The van der Waals surface area contributed by atoms with E-state index < -0.39 is 6.04 Å². The number of benzene rings is 1. The third kappa shape index (κ3) is 6.15.